The Bertz CT molecular complexity index is 1600. The van der Waals surface area contributed by atoms with Gasteiger partial charge in [0.15, 0.2) is 5.69 Å². The Morgan fingerprint density at radius 2 is 1.87 bits per heavy atom. The molecule has 1 saturated heterocycles. The van der Waals surface area contributed by atoms with E-state index in [1.54, 1.807) is 18.2 Å². The summed E-state index contributed by atoms with van der Waals surface area (Å²) in [7, 11) is -3.03. The molecule has 6 rings (SSSR count). The summed E-state index contributed by atoms with van der Waals surface area (Å²) in [4.78, 5) is 14.4. The number of amides is 1. The number of benzene rings is 2. The third-order valence-corrected chi connectivity index (χ3v) is 8.92. The smallest absolute Gasteiger partial charge is 0.284 e. The number of thiol groups is 1. The number of aromatic nitrogens is 2. The van der Waals surface area contributed by atoms with Crippen molar-refractivity contribution < 1.29 is 22.5 Å². The number of hydrogen-bond donors (Lipinski definition) is 2. The summed E-state index contributed by atoms with van der Waals surface area (Å²) in [5, 5.41) is 6.03. The molecular weight excluding hydrogens is 583 g/mol. The van der Waals surface area contributed by atoms with Crippen LogP contribution < -0.4 is 9.62 Å². The molecule has 13 heteroatoms. The fraction of sp³-hybridized carbons (Fsp3) is 0.346. The number of hydrogen-bond acceptors (Lipinski definition) is 9. The molecule has 9 nitrogen and oxygen atoms in total. The molecule has 2 aliphatic rings. The van der Waals surface area contributed by atoms with Crippen molar-refractivity contribution in [2.24, 2.45) is 0 Å². The van der Waals surface area contributed by atoms with Gasteiger partial charge in [-0.3, -0.25) is 4.79 Å². The average Bonchev–Trinajstić information content (AvgIpc) is 3.54. The second-order valence-electron chi connectivity index (χ2n) is 9.65. The molecule has 1 amide bonds. The van der Waals surface area contributed by atoms with E-state index in [0.717, 1.165) is 60.5 Å². The van der Waals surface area contributed by atoms with Crippen LogP contribution in [0.1, 0.15) is 53.4 Å². The van der Waals surface area contributed by atoms with E-state index in [0.29, 0.717) is 39.2 Å². The molecule has 1 aliphatic carbocycles. The summed E-state index contributed by atoms with van der Waals surface area (Å²) in [5.74, 6) is 0.511. The van der Waals surface area contributed by atoms with E-state index in [9.17, 15) is 13.2 Å². The maximum atomic E-state index is 12.1. The highest BCUT2D eigenvalue weighted by atomic mass is 35.5. The van der Waals surface area contributed by atoms with Crippen molar-refractivity contribution >= 4 is 67.3 Å². The Kier molecular flexibility index (Phi) is 7.52. The quantitative estimate of drug-likeness (QED) is 0.250. The largest absolute Gasteiger partial charge is 0.373 e. The highest BCUT2D eigenvalue weighted by molar-refractivity contribution is 7.71. The second-order valence-corrected chi connectivity index (χ2v) is 12.0. The Morgan fingerprint density at radius 3 is 2.56 bits per heavy atom. The van der Waals surface area contributed by atoms with E-state index in [1.165, 1.54) is 11.5 Å². The first-order chi connectivity index (χ1) is 18.9. The van der Waals surface area contributed by atoms with Crippen molar-refractivity contribution in [1.82, 2.24) is 14.3 Å². The average molecular weight is 608 g/mol. The Hall–Kier alpha value is -2.70. The van der Waals surface area contributed by atoms with Crippen molar-refractivity contribution in [3.8, 4) is 11.3 Å². The minimum Gasteiger partial charge on any atom is -0.373 e. The van der Waals surface area contributed by atoms with Crippen LogP contribution in [0.15, 0.2) is 40.9 Å². The van der Waals surface area contributed by atoms with Crippen LogP contribution in [0.25, 0.3) is 21.3 Å². The molecule has 1 aliphatic heterocycles. The number of carbonyl (C=O) groups is 1. The summed E-state index contributed by atoms with van der Waals surface area (Å²) in [6.07, 6.45) is 3.92. The van der Waals surface area contributed by atoms with Crippen LogP contribution in [0.2, 0.25) is 10.0 Å². The van der Waals surface area contributed by atoms with Crippen LogP contribution in [-0.4, -0.2) is 43.0 Å². The molecule has 1 saturated carbocycles. The third kappa shape index (κ3) is 5.51. The minimum absolute atomic E-state index is 0.0780. The first-order valence-electron chi connectivity index (χ1n) is 12.5. The molecule has 3 heterocycles. The molecule has 2 aromatic heterocycles. The molecule has 4 aromatic rings. The van der Waals surface area contributed by atoms with Gasteiger partial charge in [-0.15, -0.1) is 0 Å². The zero-order valence-corrected chi connectivity index (χ0v) is 23.8. The predicted octanol–water partition coefficient (Wildman–Crippen LogP) is 5.58. The van der Waals surface area contributed by atoms with E-state index < -0.39 is 16.8 Å². The van der Waals surface area contributed by atoms with Gasteiger partial charge in [-0.2, -0.15) is 4.37 Å². The van der Waals surface area contributed by atoms with Gasteiger partial charge in [0, 0.05) is 41.2 Å². The predicted molar refractivity (Wildman–Crippen MR) is 151 cm³/mol. The molecule has 2 aromatic carbocycles. The molecule has 0 radical (unpaired) electrons. The Balaban J connectivity index is 1.12. The molecule has 0 unspecified atom stereocenters. The lowest BCUT2D eigenvalue weighted by molar-refractivity contribution is 0.0246. The zero-order valence-electron chi connectivity index (χ0n) is 20.6. The summed E-state index contributed by atoms with van der Waals surface area (Å²) in [6.45, 7) is 1.99. The standard InChI is InChI=1S/C26H24Cl2N4O5S2/c27-19-2-1-3-20(28)22(19)23-18(25(37-29-23)14-4-5-14)13-36-16-8-10-32(11-9-16)15-6-7-17-21(12-15)38-30-24(17)26(33)31-39(34)35/h1-3,6-7,12,14,16,39H,4-5,8-11,13H2,(H,31,33,34,35). The van der Waals surface area contributed by atoms with Gasteiger partial charge in [-0.25, -0.2) is 13.1 Å². The van der Waals surface area contributed by atoms with Gasteiger partial charge in [0.25, 0.3) is 5.91 Å². The number of fused-ring (bicyclic) bond motifs is 1. The molecule has 2 fully saturated rings. The topological polar surface area (TPSA) is 115 Å². The molecule has 39 heavy (non-hydrogen) atoms. The molecule has 204 valence electrons. The van der Waals surface area contributed by atoms with Gasteiger partial charge in [-0.05, 0) is 67.5 Å². The van der Waals surface area contributed by atoms with Crippen molar-refractivity contribution in [3.05, 3.63) is 63.5 Å². The number of ether oxygens (including phenoxy) is 1. The maximum Gasteiger partial charge on any atom is 0.284 e. The lowest BCUT2D eigenvalue weighted by Gasteiger charge is -2.33. The number of nitrogens with zero attached hydrogens (tertiary/aromatic N) is 3. The highest BCUT2D eigenvalue weighted by Crippen LogP contribution is 2.46. The number of halogens is 2. The van der Waals surface area contributed by atoms with Crippen molar-refractivity contribution in [2.75, 3.05) is 18.0 Å². The monoisotopic (exact) mass is 606 g/mol. The van der Waals surface area contributed by atoms with Gasteiger partial charge >= 0.3 is 0 Å². The first-order valence-corrected chi connectivity index (χ1v) is 15.2. The van der Waals surface area contributed by atoms with Gasteiger partial charge in [-0.1, -0.05) is 34.4 Å². The van der Waals surface area contributed by atoms with Crippen molar-refractivity contribution in [2.45, 2.75) is 44.3 Å². The van der Waals surface area contributed by atoms with Crippen LogP contribution in [-0.2, 0) is 22.2 Å². The molecular formula is C26H24Cl2N4O5S2. The van der Waals surface area contributed by atoms with Crippen molar-refractivity contribution in [1.29, 1.82) is 0 Å². The molecule has 0 atom stereocenters. The number of nitrogens with one attached hydrogen (secondary N) is 1. The van der Waals surface area contributed by atoms with Gasteiger partial charge in [0.05, 0.1) is 27.5 Å². The van der Waals surface area contributed by atoms with Crippen LogP contribution in [0, 0.1) is 0 Å². The lowest BCUT2D eigenvalue weighted by atomic mass is 10.0. The first kappa shape index (κ1) is 26.5. The minimum atomic E-state index is -3.03. The number of piperidine rings is 1. The van der Waals surface area contributed by atoms with Gasteiger partial charge < -0.3 is 14.2 Å². The fourth-order valence-electron chi connectivity index (χ4n) is 4.95. The van der Waals surface area contributed by atoms with Crippen LogP contribution in [0.3, 0.4) is 0 Å². The number of rotatable bonds is 8. The van der Waals surface area contributed by atoms with E-state index in [4.69, 9.17) is 32.5 Å². The Morgan fingerprint density at radius 1 is 1.13 bits per heavy atom. The van der Waals surface area contributed by atoms with Crippen LogP contribution in [0.5, 0.6) is 0 Å². The summed E-state index contributed by atoms with van der Waals surface area (Å²) in [6, 6.07) is 11.1. The highest BCUT2D eigenvalue weighted by Gasteiger charge is 2.34. The normalized spacial score (nSPS) is 16.3. The second kappa shape index (κ2) is 11.1. The zero-order chi connectivity index (χ0) is 27.1. The van der Waals surface area contributed by atoms with Crippen LogP contribution in [0.4, 0.5) is 5.69 Å². The SMILES string of the molecule is O=C(N[SH](=O)=O)c1nsc2cc(N3CCC(OCc4c(-c5c(Cl)cccc5Cl)noc4C4CC4)CC3)ccc12. The third-order valence-electron chi connectivity index (χ3n) is 7.10. The van der Waals surface area contributed by atoms with Gasteiger partial charge in [0.1, 0.15) is 11.5 Å². The summed E-state index contributed by atoms with van der Waals surface area (Å²) in [5.41, 5.74) is 3.39. The number of anilines is 1. The van der Waals surface area contributed by atoms with E-state index in [1.807, 2.05) is 22.9 Å². The maximum absolute atomic E-state index is 12.1. The van der Waals surface area contributed by atoms with E-state index in [2.05, 4.69) is 14.4 Å². The molecule has 0 spiro atoms. The Labute approximate surface area is 240 Å². The molecule has 0 bridgehead atoms. The summed E-state index contributed by atoms with van der Waals surface area (Å²) >= 11 is 14.1. The number of carbonyl (C=O) groups excluding carboxylic acids is 1. The van der Waals surface area contributed by atoms with Gasteiger partial charge in [0.2, 0.25) is 10.9 Å². The van der Waals surface area contributed by atoms with E-state index >= 15 is 0 Å². The van der Waals surface area contributed by atoms with E-state index in [-0.39, 0.29) is 11.8 Å². The van der Waals surface area contributed by atoms with Crippen molar-refractivity contribution in [3.63, 3.8) is 0 Å². The summed E-state index contributed by atoms with van der Waals surface area (Å²) < 4.78 is 40.7. The molecule has 1 N–H and O–H groups in total. The lowest BCUT2D eigenvalue weighted by Crippen LogP contribution is -2.37. The fourth-order valence-corrected chi connectivity index (χ4v) is 6.61. The van der Waals surface area contributed by atoms with Crippen LogP contribution >= 0.6 is 34.7 Å².